The summed E-state index contributed by atoms with van der Waals surface area (Å²) in [5.41, 5.74) is 1.19. The van der Waals surface area contributed by atoms with E-state index in [-0.39, 0.29) is 18.3 Å². The van der Waals surface area contributed by atoms with E-state index in [9.17, 15) is 17.6 Å². The summed E-state index contributed by atoms with van der Waals surface area (Å²) in [4.78, 5) is 14.6. The van der Waals surface area contributed by atoms with Gasteiger partial charge in [-0.1, -0.05) is 0 Å². The molecule has 1 aromatic carbocycles. The molecule has 1 aromatic rings. The van der Waals surface area contributed by atoms with Crippen LogP contribution in [0.3, 0.4) is 0 Å². The molecule has 2 heterocycles. The molecule has 8 heteroatoms. The van der Waals surface area contributed by atoms with E-state index in [0.29, 0.717) is 25.1 Å². The third-order valence-electron chi connectivity index (χ3n) is 4.85. The Hall–Kier alpha value is -1.67. The molecule has 6 nitrogen and oxygen atoms in total. The van der Waals surface area contributed by atoms with E-state index in [1.165, 1.54) is 16.4 Å². The number of hydrogen-bond donors (Lipinski definition) is 1. The number of benzene rings is 1. The number of amides is 1. The summed E-state index contributed by atoms with van der Waals surface area (Å²) in [7, 11) is -3.30. The lowest BCUT2D eigenvalue weighted by Crippen LogP contribution is -2.43. The van der Waals surface area contributed by atoms with Crippen molar-refractivity contribution in [3.8, 4) is 0 Å². The third kappa shape index (κ3) is 4.49. The van der Waals surface area contributed by atoms with Gasteiger partial charge in [-0.15, -0.1) is 0 Å². The first-order valence-electron chi connectivity index (χ1n) is 8.64. The van der Waals surface area contributed by atoms with Gasteiger partial charge in [-0.05, 0) is 43.9 Å². The quantitative estimate of drug-likeness (QED) is 0.882. The van der Waals surface area contributed by atoms with E-state index in [1.54, 1.807) is 6.07 Å². The van der Waals surface area contributed by atoms with Gasteiger partial charge in [0, 0.05) is 37.6 Å². The number of carbonyl (C=O) groups is 1. The minimum Gasteiger partial charge on any atom is -0.371 e. The standard InChI is InChI=1S/C17H24FN3O3S/c1-25(23,24)21-8-4-5-13(12-21)17(22)19-15-9-14(18)10-16(11-15)20-6-2-3-7-20/h9-11,13H,2-8,12H2,1H3,(H,19,22). The van der Waals surface area contributed by atoms with Gasteiger partial charge in [0.1, 0.15) is 5.82 Å². The Kier molecular flexibility index (Phi) is 5.29. The molecule has 0 aromatic heterocycles. The van der Waals surface area contributed by atoms with Crippen LogP contribution in [0.25, 0.3) is 0 Å². The van der Waals surface area contributed by atoms with Crippen molar-refractivity contribution in [1.82, 2.24) is 4.31 Å². The molecule has 2 aliphatic heterocycles. The smallest absolute Gasteiger partial charge is 0.228 e. The zero-order chi connectivity index (χ0) is 18.0. The number of piperidine rings is 1. The minimum atomic E-state index is -3.30. The summed E-state index contributed by atoms with van der Waals surface area (Å²) in [6.45, 7) is 2.41. The van der Waals surface area contributed by atoms with Crippen molar-refractivity contribution in [3.05, 3.63) is 24.0 Å². The molecule has 2 fully saturated rings. The Bertz CT molecular complexity index is 748. The monoisotopic (exact) mass is 369 g/mol. The van der Waals surface area contributed by atoms with Gasteiger partial charge in [0.25, 0.3) is 0 Å². The van der Waals surface area contributed by atoms with Gasteiger partial charge in [0.05, 0.1) is 12.2 Å². The third-order valence-corrected chi connectivity index (χ3v) is 6.11. The maximum absolute atomic E-state index is 13.9. The fourth-order valence-corrected chi connectivity index (χ4v) is 4.42. The molecular weight excluding hydrogens is 345 g/mol. The predicted octanol–water partition coefficient (Wildman–Crippen LogP) is 2.04. The van der Waals surface area contributed by atoms with Crippen LogP contribution in [-0.4, -0.2) is 51.1 Å². The van der Waals surface area contributed by atoms with Crippen molar-refractivity contribution >= 4 is 27.3 Å². The predicted molar refractivity (Wildman–Crippen MR) is 95.6 cm³/mol. The van der Waals surface area contributed by atoms with E-state index in [2.05, 4.69) is 10.2 Å². The maximum atomic E-state index is 13.9. The second kappa shape index (κ2) is 7.29. The van der Waals surface area contributed by atoms with Gasteiger partial charge in [-0.3, -0.25) is 4.79 Å². The highest BCUT2D eigenvalue weighted by Crippen LogP contribution is 2.26. The summed E-state index contributed by atoms with van der Waals surface area (Å²) in [5.74, 6) is -1.06. The molecule has 0 bridgehead atoms. The molecule has 0 radical (unpaired) electrons. The highest BCUT2D eigenvalue weighted by Gasteiger charge is 2.30. The van der Waals surface area contributed by atoms with Crippen LogP contribution >= 0.6 is 0 Å². The fraction of sp³-hybridized carbons (Fsp3) is 0.588. The average molecular weight is 369 g/mol. The number of hydrogen-bond acceptors (Lipinski definition) is 4. The fourth-order valence-electron chi connectivity index (χ4n) is 3.51. The van der Waals surface area contributed by atoms with E-state index < -0.39 is 15.9 Å². The van der Waals surface area contributed by atoms with Crippen LogP contribution < -0.4 is 10.2 Å². The van der Waals surface area contributed by atoms with Gasteiger partial charge in [-0.2, -0.15) is 0 Å². The number of nitrogens with zero attached hydrogens (tertiary/aromatic N) is 2. The van der Waals surface area contributed by atoms with E-state index in [1.807, 2.05) is 0 Å². The highest BCUT2D eigenvalue weighted by molar-refractivity contribution is 7.88. The molecule has 0 aliphatic carbocycles. The summed E-state index contributed by atoms with van der Waals surface area (Å²) in [6.07, 6.45) is 4.60. The second-order valence-corrected chi connectivity index (χ2v) is 8.82. The molecule has 25 heavy (non-hydrogen) atoms. The number of rotatable bonds is 4. The van der Waals surface area contributed by atoms with Crippen LogP contribution in [0.5, 0.6) is 0 Å². The molecule has 1 atom stereocenters. The number of halogens is 1. The number of anilines is 2. The van der Waals surface area contributed by atoms with Crippen molar-refractivity contribution in [2.24, 2.45) is 5.92 Å². The molecule has 0 saturated carbocycles. The van der Waals surface area contributed by atoms with Crippen LogP contribution in [0.2, 0.25) is 0 Å². The van der Waals surface area contributed by atoms with Gasteiger partial charge < -0.3 is 10.2 Å². The average Bonchev–Trinajstić information content (AvgIpc) is 3.08. The number of sulfonamides is 1. The Balaban J connectivity index is 1.70. The lowest BCUT2D eigenvalue weighted by molar-refractivity contribution is -0.120. The Morgan fingerprint density at radius 2 is 1.88 bits per heavy atom. The summed E-state index contributed by atoms with van der Waals surface area (Å²) in [5, 5.41) is 2.76. The largest absolute Gasteiger partial charge is 0.371 e. The van der Waals surface area contributed by atoms with Crippen LogP contribution in [0, 0.1) is 11.7 Å². The first-order chi connectivity index (χ1) is 11.8. The first-order valence-corrected chi connectivity index (χ1v) is 10.5. The van der Waals surface area contributed by atoms with E-state index >= 15 is 0 Å². The Morgan fingerprint density at radius 3 is 2.56 bits per heavy atom. The topological polar surface area (TPSA) is 69.7 Å². The second-order valence-electron chi connectivity index (χ2n) is 6.84. The van der Waals surface area contributed by atoms with Crippen molar-refractivity contribution in [2.45, 2.75) is 25.7 Å². The molecule has 2 saturated heterocycles. The van der Waals surface area contributed by atoms with Gasteiger partial charge in [0.15, 0.2) is 0 Å². The van der Waals surface area contributed by atoms with Crippen LogP contribution in [-0.2, 0) is 14.8 Å². The van der Waals surface area contributed by atoms with Crippen molar-refractivity contribution < 1.29 is 17.6 Å². The van der Waals surface area contributed by atoms with Gasteiger partial charge in [0.2, 0.25) is 15.9 Å². The van der Waals surface area contributed by atoms with Crippen LogP contribution in [0.15, 0.2) is 18.2 Å². The Labute approximate surface area is 148 Å². The summed E-state index contributed by atoms with van der Waals surface area (Å²) in [6, 6.07) is 4.56. The maximum Gasteiger partial charge on any atom is 0.228 e. The molecule has 1 amide bonds. The molecule has 3 rings (SSSR count). The molecule has 1 N–H and O–H groups in total. The van der Waals surface area contributed by atoms with Crippen molar-refractivity contribution in [2.75, 3.05) is 42.7 Å². The van der Waals surface area contributed by atoms with Gasteiger partial charge >= 0.3 is 0 Å². The molecule has 0 spiro atoms. The van der Waals surface area contributed by atoms with Crippen molar-refractivity contribution in [1.29, 1.82) is 0 Å². The Morgan fingerprint density at radius 1 is 1.16 bits per heavy atom. The SMILES string of the molecule is CS(=O)(=O)N1CCCC(C(=O)Nc2cc(F)cc(N3CCCC3)c2)C1. The van der Waals surface area contributed by atoms with E-state index in [4.69, 9.17) is 0 Å². The van der Waals surface area contributed by atoms with Crippen molar-refractivity contribution in [3.63, 3.8) is 0 Å². The zero-order valence-electron chi connectivity index (χ0n) is 14.4. The lowest BCUT2D eigenvalue weighted by Gasteiger charge is -2.30. The molecular formula is C17H24FN3O3S. The molecule has 2 aliphatic rings. The van der Waals surface area contributed by atoms with Crippen LogP contribution in [0.4, 0.5) is 15.8 Å². The molecule has 1 unspecified atom stereocenters. The summed E-state index contributed by atoms with van der Waals surface area (Å²) < 4.78 is 38.6. The molecule has 138 valence electrons. The highest BCUT2D eigenvalue weighted by atomic mass is 32.2. The zero-order valence-corrected chi connectivity index (χ0v) is 15.2. The van der Waals surface area contributed by atoms with Gasteiger partial charge in [-0.25, -0.2) is 17.1 Å². The van der Waals surface area contributed by atoms with Crippen LogP contribution in [0.1, 0.15) is 25.7 Å². The lowest BCUT2D eigenvalue weighted by atomic mass is 9.98. The normalized spacial score (nSPS) is 22.2. The summed E-state index contributed by atoms with van der Waals surface area (Å²) >= 11 is 0. The first kappa shape index (κ1) is 18.1. The van der Waals surface area contributed by atoms with E-state index in [0.717, 1.165) is 37.9 Å². The number of nitrogens with one attached hydrogen (secondary N) is 1. The minimum absolute atomic E-state index is 0.180. The number of carbonyl (C=O) groups excluding carboxylic acids is 1.